The van der Waals surface area contributed by atoms with Crippen LogP contribution in [0.1, 0.15) is 34.1 Å². The number of nitrogens with one attached hydrogen (secondary N) is 1. The molecule has 4 nitrogen and oxygen atoms in total. The number of hydrogen-bond donors (Lipinski definition) is 2. The third-order valence-corrected chi connectivity index (χ3v) is 2.99. The molecule has 106 valence electrons. The van der Waals surface area contributed by atoms with Crippen molar-refractivity contribution < 1.29 is 13.9 Å². The summed E-state index contributed by atoms with van der Waals surface area (Å²) in [5.74, 6) is -0.744. The Labute approximate surface area is 113 Å². The molecule has 1 rings (SSSR count). The molecule has 0 bridgehead atoms. The van der Waals surface area contributed by atoms with E-state index in [-0.39, 0.29) is 17.2 Å². The minimum atomic E-state index is -0.612. The van der Waals surface area contributed by atoms with Crippen LogP contribution in [0.25, 0.3) is 0 Å². The van der Waals surface area contributed by atoms with E-state index in [4.69, 9.17) is 10.5 Å². The van der Waals surface area contributed by atoms with Crippen molar-refractivity contribution in [2.75, 3.05) is 11.1 Å². The third-order valence-electron chi connectivity index (χ3n) is 2.99. The molecule has 1 amide bonds. The Morgan fingerprint density at radius 1 is 1.53 bits per heavy atom. The Hall–Kier alpha value is -1.62. The van der Waals surface area contributed by atoms with Gasteiger partial charge in [0.2, 0.25) is 0 Å². The lowest BCUT2D eigenvalue weighted by molar-refractivity contribution is -0.137. The van der Waals surface area contributed by atoms with E-state index in [1.807, 2.05) is 20.8 Å². The monoisotopic (exact) mass is 268 g/mol. The van der Waals surface area contributed by atoms with Crippen molar-refractivity contribution in [3.05, 3.63) is 24.0 Å². The first-order valence-corrected chi connectivity index (χ1v) is 6.29. The molecule has 19 heavy (non-hydrogen) atoms. The van der Waals surface area contributed by atoms with Crippen LogP contribution in [0.2, 0.25) is 0 Å². The van der Waals surface area contributed by atoms with Gasteiger partial charge in [0.05, 0.1) is 17.0 Å². The van der Waals surface area contributed by atoms with Crippen LogP contribution < -0.4 is 11.1 Å². The molecule has 0 heterocycles. The molecule has 1 aromatic rings. The molecular formula is C14H21FN2O2. The Bertz CT molecular complexity index is 461. The quantitative estimate of drug-likeness (QED) is 0.807. The number of amides is 1. The van der Waals surface area contributed by atoms with Crippen LogP contribution in [0.4, 0.5) is 15.8 Å². The van der Waals surface area contributed by atoms with E-state index >= 15 is 0 Å². The second kappa shape index (κ2) is 6.02. The number of rotatable bonds is 5. The minimum Gasteiger partial charge on any atom is -0.397 e. The number of carbonyl (C=O) groups excluding carboxylic acids is 1. The van der Waals surface area contributed by atoms with E-state index in [0.29, 0.717) is 5.69 Å². The van der Waals surface area contributed by atoms with Gasteiger partial charge in [-0.1, -0.05) is 6.92 Å². The number of nitrogen functional groups attached to an aromatic ring is 1. The number of carbonyl (C=O) groups is 1. The third kappa shape index (κ3) is 4.52. The zero-order valence-corrected chi connectivity index (χ0v) is 11.8. The van der Waals surface area contributed by atoms with Crippen LogP contribution >= 0.6 is 0 Å². The zero-order chi connectivity index (χ0) is 14.6. The first-order valence-electron chi connectivity index (χ1n) is 6.29. The zero-order valence-electron chi connectivity index (χ0n) is 11.8. The van der Waals surface area contributed by atoms with E-state index in [2.05, 4.69) is 5.32 Å². The summed E-state index contributed by atoms with van der Waals surface area (Å²) in [4.78, 5) is 12.0. The lowest BCUT2D eigenvalue weighted by Gasteiger charge is -2.27. The highest BCUT2D eigenvalue weighted by molar-refractivity contribution is 5.96. The summed E-state index contributed by atoms with van der Waals surface area (Å²) >= 11 is 0. The van der Waals surface area contributed by atoms with Crippen LogP contribution in [-0.2, 0) is 9.53 Å². The first kappa shape index (κ1) is 15.4. The van der Waals surface area contributed by atoms with Gasteiger partial charge in [-0.25, -0.2) is 4.39 Å². The predicted molar refractivity (Wildman–Crippen MR) is 74.4 cm³/mol. The Morgan fingerprint density at radius 2 is 2.16 bits per heavy atom. The highest BCUT2D eigenvalue weighted by atomic mass is 19.1. The first-order chi connectivity index (χ1) is 8.75. The van der Waals surface area contributed by atoms with E-state index < -0.39 is 11.9 Å². The average Bonchev–Trinajstić information content (AvgIpc) is 2.32. The van der Waals surface area contributed by atoms with Crippen LogP contribution in [0.15, 0.2) is 18.2 Å². The highest BCUT2D eigenvalue weighted by Gasteiger charge is 2.24. The van der Waals surface area contributed by atoms with Crippen LogP contribution in [0.3, 0.4) is 0 Å². The van der Waals surface area contributed by atoms with Gasteiger partial charge in [0.25, 0.3) is 5.91 Å². The van der Waals surface area contributed by atoms with Gasteiger partial charge >= 0.3 is 0 Å². The summed E-state index contributed by atoms with van der Waals surface area (Å²) in [6.07, 6.45) is 0.183. The van der Waals surface area contributed by atoms with Gasteiger partial charge in [-0.15, -0.1) is 0 Å². The molecule has 3 N–H and O–H groups in total. The van der Waals surface area contributed by atoms with Crippen LogP contribution in [-0.4, -0.2) is 17.6 Å². The topological polar surface area (TPSA) is 64.3 Å². The van der Waals surface area contributed by atoms with Gasteiger partial charge in [-0.3, -0.25) is 4.79 Å². The molecule has 1 unspecified atom stereocenters. The van der Waals surface area contributed by atoms with Crippen molar-refractivity contribution in [1.29, 1.82) is 0 Å². The van der Waals surface area contributed by atoms with Crippen LogP contribution in [0.5, 0.6) is 0 Å². The minimum absolute atomic E-state index is 0.190. The SMILES string of the molecule is CCC(C)(C)OC(C)C(=O)Nc1ccc(F)cc1N. The van der Waals surface area contributed by atoms with Crippen molar-refractivity contribution in [2.45, 2.75) is 45.8 Å². The number of ether oxygens (including phenoxy) is 1. The van der Waals surface area contributed by atoms with E-state index in [9.17, 15) is 9.18 Å². The molecule has 0 spiro atoms. The molecule has 0 saturated carbocycles. The van der Waals surface area contributed by atoms with Crippen LogP contribution in [0, 0.1) is 5.82 Å². The molecule has 1 atom stereocenters. The maximum absolute atomic E-state index is 12.9. The van der Waals surface area contributed by atoms with Crippen molar-refractivity contribution in [3.8, 4) is 0 Å². The lowest BCUT2D eigenvalue weighted by atomic mass is 10.1. The molecule has 0 saturated heterocycles. The summed E-state index contributed by atoms with van der Waals surface area (Å²) in [6.45, 7) is 7.50. The summed E-state index contributed by atoms with van der Waals surface area (Å²) in [5.41, 5.74) is 5.83. The van der Waals surface area contributed by atoms with E-state index in [0.717, 1.165) is 12.5 Å². The largest absolute Gasteiger partial charge is 0.397 e. The van der Waals surface area contributed by atoms with Crippen molar-refractivity contribution in [2.24, 2.45) is 0 Å². The molecule has 0 radical (unpaired) electrons. The molecule has 0 aliphatic carbocycles. The number of halogens is 1. The van der Waals surface area contributed by atoms with E-state index in [1.54, 1.807) is 6.92 Å². The van der Waals surface area contributed by atoms with Gasteiger partial charge in [0.15, 0.2) is 0 Å². The van der Waals surface area contributed by atoms with Gasteiger partial charge in [0, 0.05) is 0 Å². The highest BCUT2D eigenvalue weighted by Crippen LogP contribution is 2.21. The Kier molecular flexibility index (Phi) is 4.89. The van der Waals surface area contributed by atoms with E-state index in [1.165, 1.54) is 12.1 Å². The Balaban J connectivity index is 2.69. The molecule has 0 fully saturated rings. The fourth-order valence-corrected chi connectivity index (χ4v) is 1.50. The summed E-state index contributed by atoms with van der Waals surface area (Å²) in [6, 6.07) is 3.84. The molecule has 1 aromatic carbocycles. The Morgan fingerprint density at radius 3 is 2.68 bits per heavy atom. The number of hydrogen-bond acceptors (Lipinski definition) is 3. The smallest absolute Gasteiger partial charge is 0.253 e. The molecular weight excluding hydrogens is 247 g/mol. The number of anilines is 2. The standard InChI is InChI=1S/C14H21FN2O2/c1-5-14(3,4)19-9(2)13(18)17-12-7-6-10(15)8-11(12)16/h6-9H,5,16H2,1-4H3,(H,17,18). The maximum Gasteiger partial charge on any atom is 0.253 e. The van der Waals surface area contributed by atoms with Gasteiger partial charge in [0.1, 0.15) is 11.9 Å². The summed E-state index contributed by atoms with van der Waals surface area (Å²) in [7, 11) is 0. The molecule has 0 aliphatic heterocycles. The predicted octanol–water partition coefficient (Wildman–Crippen LogP) is 2.94. The van der Waals surface area contributed by atoms with Crippen molar-refractivity contribution >= 4 is 17.3 Å². The van der Waals surface area contributed by atoms with Gasteiger partial charge < -0.3 is 15.8 Å². The molecule has 5 heteroatoms. The molecule has 0 aliphatic rings. The molecule has 0 aromatic heterocycles. The second-order valence-electron chi connectivity index (χ2n) is 5.09. The summed E-state index contributed by atoms with van der Waals surface area (Å²) in [5, 5.41) is 2.63. The average molecular weight is 268 g/mol. The fourth-order valence-electron chi connectivity index (χ4n) is 1.50. The normalized spacial score (nSPS) is 13.1. The number of nitrogens with two attached hydrogens (primary N) is 1. The van der Waals surface area contributed by atoms with Gasteiger partial charge in [-0.05, 0) is 45.4 Å². The number of benzene rings is 1. The fraction of sp³-hybridized carbons (Fsp3) is 0.500. The maximum atomic E-state index is 12.9. The van der Waals surface area contributed by atoms with Crippen molar-refractivity contribution in [1.82, 2.24) is 0 Å². The van der Waals surface area contributed by atoms with Crippen molar-refractivity contribution in [3.63, 3.8) is 0 Å². The lowest BCUT2D eigenvalue weighted by Crippen LogP contribution is -2.36. The second-order valence-corrected chi connectivity index (χ2v) is 5.09. The van der Waals surface area contributed by atoms with Gasteiger partial charge in [-0.2, -0.15) is 0 Å². The summed E-state index contributed by atoms with van der Waals surface area (Å²) < 4.78 is 18.6.